The van der Waals surface area contributed by atoms with Gasteiger partial charge >= 0.3 is 0 Å². The molecule has 1 aliphatic carbocycles. The minimum atomic E-state index is 0.656. The van der Waals surface area contributed by atoms with Gasteiger partial charge < -0.3 is 10.6 Å². The van der Waals surface area contributed by atoms with E-state index in [1.165, 1.54) is 64.5 Å². The van der Waals surface area contributed by atoms with Crippen LogP contribution in [-0.4, -0.2) is 30.6 Å². The lowest BCUT2D eigenvalue weighted by atomic mass is 9.73. The molecule has 1 saturated carbocycles. The van der Waals surface area contributed by atoms with E-state index in [1.54, 1.807) is 0 Å². The zero-order chi connectivity index (χ0) is 13.0. The molecule has 0 bridgehead atoms. The molecule has 1 heterocycles. The molecule has 0 aromatic carbocycles. The standard InChI is InChI=1S/C16H32N2/c1-3-16(4-2)9-11-18(12-10-16)15-8-6-5-7-14(15)13-17/h14-15H,3-13,17H2,1-2H3. The summed E-state index contributed by atoms with van der Waals surface area (Å²) in [5.74, 6) is 0.773. The zero-order valence-corrected chi connectivity index (χ0v) is 12.5. The fraction of sp³-hybridized carbons (Fsp3) is 1.00. The van der Waals surface area contributed by atoms with Crippen LogP contribution in [0.3, 0.4) is 0 Å². The number of hydrogen-bond acceptors (Lipinski definition) is 2. The van der Waals surface area contributed by atoms with Crippen molar-refractivity contribution >= 4 is 0 Å². The van der Waals surface area contributed by atoms with Gasteiger partial charge in [0.15, 0.2) is 0 Å². The lowest BCUT2D eigenvalue weighted by Crippen LogP contribution is -2.50. The molecule has 2 aliphatic rings. The van der Waals surface area contributed by atoms with E-state index in [2.05, 4.69) is 18.7 Å². The molecule has 0 radical (unpaired) electrons. The van der Waals surface area contributed by atoms with Crippen molar-refractivity contribution in [3.8, 4) is 0 Å². The van der Waals surface area contributed by atoms with Crippen molar-refractivity contribution in [2.75, 3.05) is 19.6 Å². The average Bonchev–Trinajstić information content (AvgIpc) is 2.47. The Morgan fingerprint density at radius 1 is 1.06 bits per heavy atom. The fourth-order valence-corrected chi connectivity index (χ4v) is 4.23. The van der Waals surface area contributed by atoms with E-state index in [1.807, 2.05) is 0 Å². The first kappa shape index (κ1) is 14.3. The van der Waals surface area contributed by atoms with E-state index >= 15 is 0 Å². The number of nitrogens with two attached hydrogens (primary N) is 1. The van der Waals surface area contributed by atoms with Crippen molar-refractivity contribution in [3.05, 3.63) is 0 Å². The van der Waals surface area contributed by atoms with Crippen LogP contribution < -0.4 is 5.73 Å². The summed E-state index contributed by atoms with van der Waals surface area (Å²) in [7, 11) is 0. The first-order valence-electron chi connectivity index (χ1n) is 8.19. The first-order valence-corrected chi connectivity index (χ1v) is 8.19. The van der Waals surface area contributed by atoms with Crippen LogP contribution >= 0.6 is 0 Å². The summed E-state index contributed by atoms with van der Waals surface area (Å²) in [6.07, 6.45) is 11.1. The van der Waals surface area contributed by atoms with Crippen LogP contribution in [-0.2, 0) is 0 Å². The van der Waals surface area contributed by atoms with Crippen molar-refractivity contribution in [2.45, 2.75) is 71.3 Å². The van der Waals surface area contributed by atoms with E-state index in [9.17, 15) is 0 Å². The molecule has 2 heteroatoms. The van der Waals surface area contributed by atoms with Crippen molar-refractivity contribution in [1.82, 2.24) is 4.90 Å². The van der Waals surface area contributed by atoms with Crippen LogP contribution in [0.1, 0.15) is 65.2 Å². The summed E-state index contributed by atoms with van der Waals surface area (Å²) in [5, 5.41) is 0. The van der Waals surface area contributed by atoms with Crippen LogP contribution in [0, 0.1) is 11.3 Å². The van der Waals surface area contributed by atoms with E-state index in [4.69, 9.17) is 5.73 Å². The predicted molar refractivity (Wildman–Crippen MR) is 78.6 cm³/mol. The Morgan fingerprint density at radius 2 is 1.67 bits per heavy atom. The maximum Gasteiger partial charge on any atom is 0.0136 e. The number of hydrogen-bond donors (Lipinski definition) is 1. The maximum absolute atomic E-state index is 5.98. The molecule has 106 valence electrons. The van der Waals surface area contributed by atoms with Gasteiger partial charge in [0.05, 0.1) is 0 Å². The number of nitrogens with zero attached hydrogens (tertiary/aromatic N) is 1. The quantitative estimate of drug-likeness (QED) is 0.831. The van der Waals surface area contributed by atoms with Gasteiger partial charge in [-0.1, -0.05) is 39.5 Å². The summed E-state index contributed by atoms with van der Waals surface area (Å²) in [5.41, 5.74) is 6.64. The average molecular weight is 252 g/mol. The summed E-state index contributed by atoms with van der Waals surface area (Å²) in [6, 6.07) is 0.801. The molecule has 0 spiro atoms. The third-order valence-corrected chi connectivity index (χ3v) is 6.00. The second-order valence-corrected chi connectivity index (χ2v) is 6.59. The second-order valence-electron chi connectivity index (χ2n) is 6.59. The molecule has 1 saturated heterocycles. The van der Waals surface area contributed by atoms with E-state index < -0.39 is 0 Å². The van der Waals surface area contributed by atoms with Crippen LogP contribution in [0.5, 0.6) is 0 Å². The Morgan fingerprint density at radius 3 is 2.22 bits per heavy atom. The smallest absolute Gasteiger partial charge is 0.0136 e. The highest BCUT2D eigenvalue weighted by molar-refractivity contribution is 4.90. The Kier molecular flexibility index (Phi) is 5.08. The molecule has 2 N–H and O–H groups in total. The molecule has 0 amide bonds. The molecule has 0 aromatic heterocycles. The second kappa shape index (κ2) is 6.38. The highest BCUT2D eigenvalue weighted by Gasteiger charge is 2.36. The summed E-state index contributed by atoms with van der Waals surface area (Å²) < 4.78 is 0. The van der Waals surface area contributed by atoms with Gasteiger partial charge in [-0.2, -0.15) is 0 Å². The summed E-state index contributed by atoms with van der Waals surface area (Å²) >= 11 is 0. The van der Waals surface area contributed by atoms with Gasteiger partial charge in [-0.15, -0.1) is 0 Å². The summed E-state index contributed by atoms with van der Waals surface area (Å²) in [6.45, 7) is 8.30. The van der Waals surface area contributed by atoms with Gasteiger partial charge in [0, 0.05) is 6.04 Å². The van der Waals surface area contributed by atoms with Crippen molar-refractivity contribution in [1.29, 1.82) is 0 Å². The predicted octanol–water partition coefficient (Wildman–Crippen LogP) is 3.41. The number of rotatable bonds is 4. The topological polar surface area (TPSA) is 29.3 Å². The van der Waals surface area contributed by atoms with Crippen molar-refractivity contribution < 1.29 is 0 Å². The zero-order valence-electron chi connectivity index (χ0n) is 12.5. The van der Waals surface area contributed by atoms with Crippen LogP contribution in [0.25, 0.3) is 0 Å². The fourth-order valence-electron chi connectivity index (χ4n) is 4.23. The molecule has 18 heavy (non-hydrogen) atoms. The molecule has 0 aromatic rings. The van der Waals surface area contributed by atoms with E-state index in [0.717, 1.165) is 18.5 Å². The SMILES string of the molecule is CCC1(CC)CCN(C2CCCCC2CN)CC1. The minimum absolute atomic E-state index is 0.656. The van der Waals surface area contributed by atoms with Gasteiger partial charge in [0.25, 0.3) is 0 Å². The Balaban J connectivity index is 1.92. The van der Waals surface area contributed by atoms with Gasteiger partial charge in [-0.25, -0.2) is 0 Å². The molecular weight excluding hydrogens is 220 g/mol. The maximum atomic E-state index is 5.98. The molecule has 2 rings (SSSR count). The lowest BCUT2D eigenvalue weighted by molar-refractivity contribution is 0.0314. The Hall–Kier alpha value is -0.0800. The van der Waals surface area contributed by atoms with Crippen LogP contribution in [0.4, 0.5) is 0 Å². The van der Waals surface area contributed by atoms with E-state index in [-0.39, 0.29) is 0 Å². The van der Waals surface area contributed by atoms with Crippen molar-refractivity contribution in [3.63, 3.8) is 0 Å². The molecule has 1 aliphatic heterocycles. The van der Waals surface area contributed by atoms with Crippen molar-refractivity contribution in [2.24, 2.45) is 17.1 Å². The van der Waals surface area contributed by atoms with E-state index in [0.29, 0.717) is 5.41 Å². The normalized spacial score (nSPS) is 33.5. The lowest BCUT2D eigenvalue weighted by Gasteiger charge is -2.47. The largest absolute Gasteiger partial charge is 0.330 e. The number of piperidine rings is 1. The van der Waals surface area contributed by atoms with Crippen LogP contribution in [0.15, 0.2) is 0 Å². The van der Waals surface area contributed by atoms with Gasteiger partial charge in [0.2, 0.25) is 0 Å². The van der Waals surface area contributed by atoms with Gasteiger partial charge in [-0.3, -0.25) is 0 Å². The highest BCUT2D eigenvalue weighted by atomic mass is 15.2. The molecule has 2 nitrogen and oxygen atoms in total. The minimum Gasteiger partial charge on any atom is -0.330 e. The molecule has 2 atom stereocenters. The first-order chi connectivity index (χ1) is 8.74. The Bertz CT molecular complexity index is 237. The number of likely N-dealkylation sites (tertiary alicyclic amines) is 1. The third-order valence-electron chi connectivity index (χ3n) is 6.00. The monoisotopic (exact) mass is 252 g/mol. The van der Waals surface area contributed by atoms with Gasteiger partial charge in [0.1, 0.15) is 0 Å². The third kappa shape index (κ3) is 2.91. The molecular formula is C16H32N2. The molecule has 2 fully saturated rings. The van der Waals surface area contributed by atoms with Gasteiger partial charge in [-0.05, 0) is 56.7 Å². The molecule has 2 unspecified atom stereocenters. The highest BCUT2D eigenvalue weighted by Crippen LogP contribution is 2.40. The summed E-state index contributed by atoms with van der Waals surface area (Å²) in [4.78, 5) is 2.78. The van der Waals surface area contributed by atoms with Crippen LogP contribution in [0.2, 0.25) is 0 Å². The Labute approximate surface area is 113 Å².